The summed E-state index contributed by atoms with van der Waals surface area (Å²) in [6, 6.07) is 8.95. The van der Waals surface area contributed by atoms with E-state index in [0.29, 0.717) is 50.4 Å². The second kappa shape index (κ2) is 9.26. The van der Waals surface area contributed by atoms with Gasteiger partial charge in [0.05, 0.1) is 18.2 Å². The summed E-state index contributed by atoms with van der Waals surface area (Å²) in [5.74, 6) is 0.479. The summed E-state index contributed by atoms with van der Waals surface area (Å²) in [4.78, 5) is 26.0. The van der Waals surface area contributed by atoms with Crippen LogP contribution in [-0.2, 0) is 9.53 Å². The first-order valence-electron chi connectivity index (χ1n) is 9.17. The van der Waals surface area contributed by atoms with Crippen molar-refractivity contribution in [3.63, 3.8) is 0 Å². The Kier molecular flexibility index (Phi) is 7.05. The quantitative estimate of drug-likeness (QED) is 0.801. The maximum Gasteiger partial charge on any atom is 0.410 e. The molecule has 1 aromatic rings. The first-order valence-corrected chi connectivity index (χ1v) is 9.17. The molecule has 0 bridgehead atoms. The molecule has 1 aliphatic heterocycles. The van der Waals surface area contributed by atoms with E-state index >= 15 is 0 Å². The van der Waals surface area contributed by atoms with Crippen LogP contribution in [0.2, 0.25) is 0 Å². The summed E-state index contributed by atoms with van der Waals surface area (Å²) >= 11 is 0. The minimum atomic E-state index is -0.516. The third kappa shape index (κ3) is 6.81. The van der Waals surface area contributed by atoms with Crippen LogP contribution in [0.3, 0.4) is 0 Å². The van der Waals surface area contributed by atoms with E-state index < -0.39 is 5.60 Å². The van der Waals surface area contributed by atoms with Crippen LogP contribution in [0.25, 0.3) is 0 Å². The van der Waals surface area contributed by atoms with Crippen molar-refractivity contribution in [3.05, 3.63) is 29.8 Å². The Balaban J connectivity index is 1.67. The van der Waals surface area contributed by atoms with Gasteiger partial charge in [-0.2, -0.15) is 5.26 Å². The molecule has 1 fully saturated rings. The van der Waals surface area contributed by atoms with Gasteiger partial charge in [-0.25, -0.2) is 4.79 Å². The highest BCUT2D eigenvalue weighted by atomic mass is 16.6. The lowest BCUT2D eigenvalue weighted by molar-refractivity contribution is -0.126. The lowest BCUT2D eigenvalue weighted by atomic mass is 9.96. The zero-order chi connectivity index (χ0) is 19.9. The zero-order valence-electron chi connectivity index (χ0n) is 16.2. The van der Waals surface area contributed by atoms with Gasteiger partial charge in [0, 0.05) is 19.0 Å². The van der Waals surface area contributed by atoms with Crippen LogP contribution in [0.15, 0.2) is 24.3 Å². The molecular weight excluding hydrogens is 346 g/mol. The third-order valence-corrected chi connectivity index (χ3v) is 4.15. The van der Waals surface area contributed by atoms with Crippen molar-refractivity contribution in [1.29, 1.82) is 5.26 Å². The fourth-order valence-corrected chi connectivity index (χ4v) is 2.79. The van der Waals surface area contributed by atoms with Gasteiger partial charge in [0.25, 0.3) is 0 Å². The van der Waals surface area contributed by atoms with Crippen LogP contribution in [0.1, 0.15) is 39.2 Å². The van der Waals surface area contributed by atoms with Gasteiger partial charge in [-0.15, -0.1) is 0 Å². The summed E-state index contributed by atoms with van der Waals surface area (Å²) in [6.07, 6.45) is 0.918. The van der Waals surface area contributed by atoms with E-state index in [4.69, 9.17) is 14.7 Å². The largest absolute Gasteiger partial charge is 0.492 e. The van der Waals surface area contributed by atoms with Crippen molar-refractivity contribution in [3.8, 4) is 11.8 Å². The first-order chi connectivity index (χ1) is 12.8. The Morgan fingerprint density at radius 1 is 1.30 bits per heavy atom. The minimum absolute atomic E-state index is 0.0202. The van der Waals surface area contributed by atoms with E-state index in [1.165, 1.54) is 0 Å². The van der Waals surface area contributed by atoms with Crippen molar-refractivity contribution in [2.24, 2.45) is 5.92 Å². The van der Waals surface area contributed by atoms with Crippen LogP contribution in [0, 0.1) is 17.2 Å². The fourth-order valence-electron chi connectivity index (χ4n) is 2.79. The SMILES string of the molecule is CC(C)(C)OC(=O)N1CCC(C(=O)NCCOc2cccc(C#N)c2)CC1. The molecule has 7 nitrogen and oxygen atoms in total. The minimum Gasteiger partial charge on any atom is -0.492 e. The van der Waals surface area contributed by atoms with E-state index in [0.717, 1.165) is 0 Å². The average Bonchev–Trinajstić information content (AvgIpc) is 2.64. The molecule has 7 heteroatoms. The van der Waals surface area contributed by atoms with Gasteiger partial charge in [0.1, 0.15) is 18.0 Å². The van der Waals surface area contributed by atoms with E-state index in [2.05, 4.69) is 11.4 Å². The number of nitriles is 1. The number of nitrogens with zero attached hydrogens (tertiary/aromatic N) is 2. The van der Waals surface area contributed by atoms with E-state index in [1.54, 1.807) is 29.2 Å². The number of hydrogen-bond acceptors (Lipinski definition) is 5. The van der Waals surface area contributed by atoms with Crippen molar-refractivity contribution in [1.82, 2.24) is 10.2 Å². The van der Waals surface area contributed by atoms with Gasteiger partial charge in [-0.05, 0) is 51.8 Å². The summed E-state index contributed by atoms with van der Waals surface area (Å²) in [6.45, 7) is 7.27. The number of ether oxygens (including phenoxy) is 2. The molecule has 0 atom stereocenters. The number of carbonyl (C=O) groups excluding carboxylic acids is 2. The molecule has 0 aliphatic carbocycles. The van der Waals surface area contributed by atoms with Gasteiger partial charge in [-0.3, -0.25) is 4.79 Å². The normalized spacial score (nSPS) is 15.0. The average molecular weight is 373 g/mol. The molecule has 1 heterocycles. The summed E-state index contributed by atoms with van der Waals surface area (Å²) < 4.78 is 10.9. The Morgan fingerprint density at radius 2 is 2.00 bits per heavy atom. The predicted octanol–water partition coefficient (Wildman–Crippen LogP) is 2.70. The lowest BCUT2D eigenvalue weighted by Gasteiger charge is -2.32. The Hall–Kier alpha value is -2.75. The summed E-state index contributed by atoms with van der Waals surface area (Å²) in [5.41, 5.74) is 0.0196. The molecule has 146 valence electrons. The molecule has 27 heavy (non-hydrogen) atoms. The van der Waals surface area contributed by atoms with E-state index in [-0.39, 0.29) is 17.9 Å². The predicted molar refractivity (Wildman–Crippen MR) is 100 cm³/mol. The highest BCUT2D eigenvalue weighted by Gasteiger charge is 2.29. The first kappa shape index (κ1) is 20.6. The van der Waals surface area contributed by atoms with Gasteiger partial charge < -0.3 is 19.7 Å². The maximum atomic E-state index is 12.3. The van der Waals surface area contributed by atoms with Gasteiger partial charge >= 0.3 is 6.09 Å². The molecule has 1 saturated heterocycles. The van der Waals surface area contributed by atoms with Gasteiger partial charge in [-0.1, -0.05) is 6.07 Å². The highest BCUT2D eigenvalue weighted by Crippen LogP contribution is 2.20. The van der Waals surface area contributed by atoms with Gasteiger partial charge in [0.15, 0.2) is 0 Å². The molecule has 0 spiro atoms. The Labute approximate surface area is 160 Å². The molecule has 0 aromatic heterocycles. The molecular formula is C20H27N3O4. The summed E-state index contributed by atoms with van der Waals surface area (Å²) in [7, 11) is 0. The Bertz CT molecular complexity index is 698. The maximum absolute atomic E-state index is 12.3. The lowest BCUT2D eigenvalue weighted by Crippen LogP contribution is -2.45. The van der Waals surface area contributed by atoms with E-state index in [1.807, 2.05) is 20.8 Å². The third-order valence-electron chi connectivity index (χ3n) is 4.15. The van der Waals surface area contributed by atoms with Crippen molar-refractivity contribution in [2.45, 2.75) is 39.2 Å². The second-order valence-corrected chi connectivity index (χ2v) is 7.52. The summed E-state index contributed by atoms with van der Waals surface area (Å²) in [5, 5.41) is 11.7. The fraction of sp³-hybridized carbons (Fsp3) is 0.550. The number of rotatable bonds is 5. The van der Waals surface area contributed by atoms with Crippen molar-refractivity contribution >= 4 is 12.0 Å². The number of piperidine rings is 1. The monoisotopic (exact) mass is 373 g/mol. The molecule has 1 aliphatic rings. The number of carbonyl (C=O) groups is 2. The molecule has 2 amide bonds. The molecule has 2 rings (SSSR count). The number of amides is 2. The molecule has 1 N–H and O–H groups in total. The molecule has 0 radical (unpaired) electrons. The molecule has 0 unspecified atom stereocenters. The molecule has 0 saturated carbocycles. The number of benzene rings is 1. The standard InChI is InChI=1S/C20H27N3O4/c1-20(2,3)27-19(25)23-10-7-16(8-11-23)18(24)22-9-12-26-17-6-4-5-15(13-17)14-21/h4-6,13,16H,7-12H2,1-3H3,(H,22,24). The smallest absolute Gasteiger partial charge is 0.410 e. The van der Waals surface area contributed by atoms with Crippen molar-refractivity contribution in [2.75, 3.05) is 26.2 Å². The number of likely N-dealkylation sites (tertiary alicyclic amines) is 1. The second-order valence-electron chi connectivity index (χ2n) is 7.52. The van der Waals surface area contributed by atoms with Crippen LogP contribution < -0.4 is 10.1 Å². The van der Waals surface area contributed by atoms with Gasteiger partial charge in [0.2, 0.25) is 5.91 Å². The zero-order valence-corrected chi connectivity index (χ0v) is 16.2. The van der Waals surface area contributed by atoms with Crippen LogP contribution >= 0.6 is 0 Å². The number of nitrogens with one attached hydrogen (secondary N) is 1. The van der Waals surface area contributed by atoms with Crippen molar-refractivity contribution < 1.29 is 19.1 Å². The highest BCUT2D eigenvalue weighted by molar-refractivity contribution is 5.79. The number of hydrogen-bond donors (Lipinski definition) is 1. The van der Waals surface area contributed by atoms with Crippen LogP contribution in [0.5, 0.6) is 5.75 Å². The topological polar surface area (TPSA) is 91.7 Å². The van der Waals surface area contributed by atoms with E-state index in [9.17, 15) is 9.59 Å². The Morgan fingerprint density at radius 3 is 2.63 bits per heavy atom. The van der Waals surface area contributed by atoms with Crippen LogP contribution in [0.4, 0.5) is 4.79 Å². The molecule has 1 aromatic carbocycles. The van der Waals surface area contributed by atoms with Crippen LogP contribution in [-0.4, -0.2) is 48.7 Å².